The Kier molecular flexibility index (Phi) is 4.87. The summed E-state index contributed by atoms with van der Waals surface area (Å²) in [6, 6.07) is 4.59. The predicted octanol–water partition coefficient (Wildman–Crippen LogP) is 3.56. The molecule has 106 valence electrons. The molecule has 6 heteroatoms. The van der Waals surface area contributed by atoms with E-state index in [-0.39, 0.29) is 5.02 Å². The molecule has 0 unspecified atom stereocenters. The van der Waals surface area contributed by atoms with Crippen LogP contribution in [0.2, 0.25) is 5.02 Å². The summed E-state index contributed by atoms with van der Waals surface area (Å²) < 4.78 is 18.7. The van der Waals surface area contributed by atoms with E-state index < -0.39 is 5.82 Å². The normalized spacial score (nSPS) is 10.8. The molecule has 0 aliphatic carbocycles. The van der Waals surface area contributed by atoms with E-state index in [0.717, 1.165) is 5.69 Å². The molecule has 0 spiro atoms. The van der Waals surface area contributed by atoms with Gasteiger partial charge in [0.2, 0.25) is 5.88 Å². The van der Waals surface area contributed by atoms with Crippen LogP contribution >= 0.6 is 11.6 Å². The molecule has 0 bridgehead atoms. The first-order valence-corrected chi connectivity index (χ1v) is 6.59. The lowest BCUT2D eigenvalue weighted by Crippen LogP contribution is -2.22. The van der Waals surface area contributed by atoms with Gasteiger partial charge in [-0.3, -0.25) is 4.98 Å². The Bertz CT molecular complexity index is 575. The average molecular weight is 296 g/mol. The van der Waals surface area contributed by atoms with Crippen LogP contribution in [0.1, 0.15) is 19.5 Å². The Hall–Kier alpha value is -1.72. The molecule has 20 heavy (non-hydrogen) atoms. The highest BCUT2D eigenvalue weighted by Gasteiger charge is 2.05. The number of nitrogens with one attached hydrogen (secondary N) is 1. The number of hydrogen-bond acceptors (Lipinski definition) is 4. The number of nitrogens with zero attached hydrogens (tertiary/aromatic N) is 2. The van der Waals surface area contributed by atoms with Gasteiger partial charge in [-0.15, -0.1) is 0 Å². The molecular formula is C14H15ClFN3O. The maximum absolute atomic E-state index is 13.3. The van der Waals surface area contributed by atoms with Crippen LogP contribution < -0.4 is 10.1 Å². The molecule has 0 amide bonds. The van der Waals surface area contributed by atoms with Crippen molar-refractivity contribution in [1.29, 1.82) is 0 Å². The van der Waals surface area contributed by atoms with Crippen LogP contribution in [0.25, 0.3) is 0 Å². The zero-order chi connectivity index (χ0) is 14.5. The van der Waals surface area contributed by atoms with Crippen LogP contribution in [-0.2, 0) is 6.54 Å². The van der Waals surface area contributed by atoms with Crippen molar-refractivity contribution < 1.29 is 9.13 Å². The molecule has 2 rings (SSSR count). The van der Waals surface area contributed by atoms with Crippen LogP contribution in [0.3, 0.4) is 0 Å². The first-order chi connectivity index (χ1) is 9.54. The summed E-state index contributed by atoms with van der Waals surface area (Å²) in [5, 5.41) is 3.29. The molecule has 0 saturated carbocycles. The summed E-state index contributed by atoms with van der Waals surface area (Å²) >= 11 is 5.60. The third-order valence-corrected chi connectivity index (χ3v) is 2.79. The summed E-state index contributed by atoms with van der Waals surface area (Å²) in [4.78, 5) is 8.34. The van der Waals surface area contributed by atoms with Gasteiger partial charge in [0.1, 0.15) is 11.6 Å². The molecule has 0 aliphatic rings. The van der Waals surface area contributed by atoms with Gasteiger partial charge in [-0.2, -0.15) is 0 Å². The standard InChI is InChI=1S/C14H15ClFN3O/c1-9(2)17-6-10-7-19-14(8-18-10)20-11-3-4-12(15)13(16)5-11/h3-5,7-9,17H,6H2,1-2H3. The fourth-order valence-corrected chi connectivity index (χ4v) is 1.57. The molecule has 0 saturated heterocycles. The van der Waals surface area contributed by atoms with Crippen molar-refractivity contribution >= 4 is 11.6 Å². The monoisotopic (exact) mass is 295 g/mol. The highest BCUT2D eigenvalue weighted by molar-refractivity contribution is 6.30. The summed E-state index contributed by atoms with van der Waals surface area (Å²) in [7, 11) is 0. The van der Waals surface area contributed by atoms with Crippen molar-refractivity contribution in [3.63, 3.8) is 0 Å². The molecule has 0 atom stereocenters. The third kappa shape index (κ3) is 4.15. The lowest BCUT2D eigenvalue weighted by atomic mass is 10.3. The minimum absolute atomic E-state index is 0.0542. The maximum atomic E-state index is 13.3. The Labute approximate surface area is 122 Å². The van der Waals surface area contributed by atoms with E-state index in [1.54, 1.807) is 12.3 Å². The second-order valence-corrected chi connectivity index (χ2v) is 4.97. The van der Waals surface area contributed by atoms with Crippen molar-refractivity contribution in [2.45, 2.75) is 26.4 Å². The van der Waals surface area contributed by atoms with Gasteiger partial charge in [0.15, 0.2) is 0 Å². The molecule has 1 aromatic heterocycles. The van der Waals surface area contributed by atoms with Crippen molar-refractivity contribution in [2.75, 3.05) is 0 Å². The van der Waals surface area contributed by atoms with E-state index in [1.807, 2.05) is 0 Å². The van der Waals surface area contributed by atoms with Crippen LogP contribution in [0.4, 0.5) is 4.39 Å². The van der Waals surface area contributed by atoms with Crippen molar-refractivity contribution in [3.8, 4) is 11.6 Å². The van der Waals surface area contributed by atoms with Gasteiger partial charge >= 0.3 is 0 Å². The summed E-state index contributed by atoms with van der Waals surface area (Å²) in [6.07, 6.45) is 3.13. The van der Waals surface area contributed by atoms with Gasteiger partial charge in [-0.05, 0) is 12.1 Å². The number of aromatic nitrogens is 2. The number of ether oxygens (including phenoxy) is 1. The quantitative estimate of drug-likeness (QED) is 0.916. The Morgan fingerprint density at radius 2 is 2.10 bits per heavy atom. The van der Waals surface area contributed by atoms with E-state index >= 15 is 0 Å². The fraction of sp³-hybridized carbons (Fsp3) is 0.286. The number of rotatable bonds is 5. The van der Waals surface area contributed by atoms with E-state index in [1.165, 1.54) is 18.3 Å². The molecule has 1 aromatic carbocycles. The smallest absolute Gasteiger partial charge is 0.237 e. The summed E-state index contributed by atoms with van der Waals surface area (Å²) in [5.41, 5.74) is 0.813. The average Bonchev–Trinajstić information content (AvgIpc) is 2.42. The first-order valence-electron chi connectivity index (χ1n) is 6.22. The zero-order valence-corrected chi connectivity index (χ0v) is 12.0. The van der Waals surface area contributed by atoms with Gasteiger partial charge in [0.05, 0.1) is 23.1 Å². The molecule has 4 nitrogen and oxygen atoms in total. The number of hydrogen-bond donors (Lipinski definition) is 1. The third-order valence-electron chi connectivity index (χ3n) is 2.49. The van der Waals surface area contributed by atoms with Crippen LogP contribution in [-0.4, -0.2) is 16.0 Å². The maximum Gasteiger partial charge on any atom is 0.237 e. The summed E-state index contributed by atoms with van der Waals surface area (Å²) in [6.45, 7) is 4.75. The molecular weight excluding hydrogens is 281 g/mol. The van der Waals surface area contributed by atoms with Crippen molar-refractivity contribution in [2.24, 2.45) is 0 Å². The SMILES string of the molecule is CC(C)NCc1cnc(Oc2ccc(Cl)c(F)c2)cn1. The minimum atomic E-state index is -0.533. The number of benzene rings is 1. The van der Waals surface area contributed by atoms with E-state index in [4.69, 9.17) is 16.3 Å². The van der Waals surface area contributed by atoms with E-state index in [2.05, 4.69) is 29.1 Å². The lowest BCUT2D eigenvalue weighted by Gasteiger charge is -2.08. The molecule has 1 heterocycles. The molecule has 0 aliphatic heterocycles. The molecule has 0 fully saturated rings. The Morgan fingerprint density at radius 1 is 1.30 bits per heavy atom. The van der Waals surface area contributed by atoms with Crippen molar-refractivity contribution in [1.82, 2.24) is 15.3 Å². The highest BCUT2D eigenvalue weighted by atomic mass is 35.5. The van der Waals surface area contributed by atoms with E-state index in [0.29, 0.717) is 24.2 Å². The van der Waals surface area contributed by atoms with E-state index in [9.17, 15) is 4.39 Å². The highest BCUT2D eigenvalue weighted by Crippen LogP contribution is 2.23. The fourth-order valence-electron chi connectivity index (χ4n) is 1.46. The first kappa shape index (κ1) is 14.7. The van der Waals surface area contributed by atoms with Gasteiger partial charge in [0.25, 0.3) is 0 Å². The molecule has 2 aromatic rings. The Balaban J connectivity index is 2.01. The van der Waals surface area contributed by atoms with Crippen LogP contribution in [0.5, 0.6) is 11.6 Å². The van der Waals surface area contributed by atoms with Gasteiger partial charge in [-0.25, -0.2) is 9.37 Å². The lowest BCUT2D eigenvalue weighted by molar-refractivity contribution is 0.453. The zero-order valence-electron chi connectivity index (χ0n) is 11.2. The number of halogens is 2. The van der Waals surface area contributed by atoms with Crippen LogP contribution in [0, 0.1) is 5.82 Å². The second kappa shape index (κ2) is 6.63. The topological polar surface area (TPSA) is 47.0 Å². The van der Waals surface area contributed by atoms with Crippen molar-refractivity contribution in [3.05, 3.63) is 47.1 Å². The Morgan fingerprint density at radius 3 is 2.70 bits per heavy atom. The minimum Gasteiger partial charge on any atom is -0.437 e. The largest absolute Gasteiger partial charge is 0.437 e. The van der Waals surface area contributed by atoms with Gasteiger partial charge in [0, 0.05) is 18.7 Å². The van der Waals surface area contributed by atoms with Crippen LogP contribution in [0.15, 0.2) is 30.6 Å². The van der Waals surface area contributed by atoms with Gasteiger partial charge < -0.3 is 10.1 Å². The molecule has 1 N–H and O–H groups in total. The predicted molar refractivity (Wildman–Crippen MR) is 75.5 cm³/mol. The molecule has 0 radical (unpaired) electrons. The summed E-state index contributed by atoms with van der Waals surface area (Å²) in [5.74, 6) is 0.101. The second-order valence-electron chi connectivity index (χ2n) is 4.56. The van der Waals surface area contributed by atoms with Gasteiger partial charge in [-0.1, -0.05) is 25.4 Å².